The summed E-state index contributed by atoms with van der Waals surface area (Å²) in [6, 6.07) is 5.04. The van der Waals surface area contributed by atoms with Crippen molar-refractivity contribution in [3.05, 3.63) is 59.1 Å². The number of halogens is 4. The molecule has 0 radical (unpaired) electrons. The summed E-state index contributed by atoms with van der Waals surface area (Å²) in [5.74, 6) is 0.0917. The lowest BCUT2D eigenvalue weighted by molar-refractivity contribution is -0.303. The van der Waals surface area contributed by atoms with Crippen LogP contribution in [0.4, 0.5) is 18.9 Å². The van der Waals surface area contributed by atoms with Gasteiger partial charge in [0, 0.05) is 5.56 Å². The van der Waals surface area contributed by atoms with Crippen molar-refractivity contribution in [1.82, 2.24) is 14.8 Å². The van der Waals surface area contributed by atoms with E-state index in [4.69, 9.17) is 17.3 Å². The van der Waals surface area contributed by atoms with Gasteiger partial charge < -0.3 is 10.5 Å². The van der Waals surface area contributed by atoms with Crippen LogP contribution in [0.5, 0.6) is 0 Å². The van der Waals surface area contributed by atoms with E-state index in [-0.39, 0.29) is 5.76 Å². The number of hydrogen-bond acceptors (Lipinski definition) is 4. The maximum absolute atomic E-state index is 12.5. The Morgan fingerprint density at radius 2 is 2.04 bits per heavy atom. The predicted octanol–water partition coefficient (Wildman–Crippen LogP) is 5.82. The summed E-state index contributed by atoms with van der Waals surface area (Å²) in [6.45, 7) is 5.25. The molecule has 0 unspecified atom stereocenters. The fourth-order valence-electron chi connectivity index (χ4n) is 2.26. The van der Waals surface area contributed by atoms with Crippen LogP contribution in [0.3, 0.4) is 0 Å². The van der Waals surface area contributed by atoms with Gasteiger partial charge in [-0.3, -0.25) is 0 Å². The average Bonchev–Trinajstić information content (AvgIpc) is 3.11. The zero-order valence-corrected chi connectivity index (χ0v) is 16.3. The van der Waals surface area contributed by atoms with Crippen molar-refractivity contribution in [3.8, 4) is 11.4 Å². The molecule has 150 valence electrons. The average molecular weight is 413 g/mol. The van der Waals surface area contributed by atoms with Crippen molar-refractivity contribution < 1.29 is 17.9 Å². The Labute approximate surface area is 166 Å². The van der Waals surface area contributed by atoms with Crippen LogP contribution in [-0.4, -0.2) is 21.1 Å². The highest BCUT2D eigenvalue weighted by atomic mass is 35.5. The Morgan fingerprint density at radius 3 is 2.61 bits per heavy atom. The number of nitrogen functional groups attached to an aromatic ring is 1. The van der Waals surface area contributed by atoms with Gasteiger partial charge in [0.1, 0.15) is 12.1 Å². The number of benzene rings is 1. The van der Waals surface area contributed by atoms with Gasteiger partial charge in [0.05, 0.1) is 16.4 Å². The topological polar surface area (TPSA) is 66.0 Å². The SMILES string of the molecule is C\C=C(/C=C\C(=C(/C)CC)n1cnc(-c2ccc(N)c(Cl)c2)n1)OC(F)(F)F. The van der Waals surface area contributed by atoms with E-state index in [1.165, 1.54) is 36.2 Å². The van der Waals surface area contributed by atoms with Crippen molar-refractivity contribution in [1.29, 1.82) is 0 Å². The van der Waals surface area contributed by atoms with Gasteiger partial charge in [-0.15, -0.1) is 18.3 Å². The minimum Gasteiger partial charge on any atom is -0.406 e. The van der Waals surface area contributed by atoms with E-state index < -0.39 is 6.36 Å². The quantitative estimate of drug-likeness (QED) is 0.369. The smallest absolute Gasteiger partial charge is 0.406 e. The van der Waals surface area contributed by atoms with Gasteiger partial charge in [-0.25, -0.2) is 9.67 Å². The summed E-state index contributed by atoms with van der Waals surface area (Å²) in [6.07, 6.45) is 1.38. The number of alkyl halides is 3. The molecule has 0 fully saturated rings. The largest absolute Gasteiger partial charge is 0.573 e. The Kier molecular flexibility index (Phi) is 6.90. The molecule has 0 aliphatic carbocycles. The number of anilines is 1. The first-order chi connectivity index (χ1) is 13.1. The zero-order valence-electron chi connectivity index (χ0n) is 15.6. The van der Waals surface area contributed by atoms with Crippen LogP contribution in [0.1, 0.15) is 27.2 Å². The van der Waals surface area contributed by atoms with Gasteiger partial charge in [0.25, 0.3) is 0 Å². The van der Waals surface area contributed by atoms with E-state index in [1.54, 1.807) is 18.2 Å². The van der Waals surface area contributed by atoms with E-state index >= 15 is 0 Å². The maximum Gasteiger partial charge on any atom is 0.573 e. The van der Waals surface area contributed by atoms with Crippen molar-refractivity contribution in [2.75, 3.05) is 5.73 Å². The van der Waals surface area contributed by atoms with Crippen molar-refractivity contribution in [3.63, 3.8) is 0 Å². The lowest BCUT2D eigenvalue weighted by Gasteiger charge is -2.10. The summed E-state index contributed by atoms with van der Waals surface area (Å²) in [7, 11) is 0. The molecule has 0 saturated heterocycles. The Hall–Kier alpha value is -2.74. The minimum absolute atomic E-state index is 0.320. The fourth-order valence-corrected chi connectivity index (χ4v) is 2.44. The van der Waals surface area contributed by atoms with Gasteiger partial charge in [-0.05, 0) is 62.3 Å². The number of ether oxygens (including phenoxy) is 1. The van der Waals surface area contributed by atoms with Crippen molar-refractivity contribution in [2.45, 2.75) is 33.6 Å². The van der Waals surface area contributed by atoms with Crippen LogP contribution < -0.4 is 5.73 Å². The summed E-state index contributed by atoms with van der Waals surface area (Å²) in [4.78, 5) is 4.26. The molecule has 1 aromatic heterocycles. The molecule has 2 N–H and O–H groups in total. The molecule has 0 atom stereocenters. The van der Waals surface area contributed by atoms with Gasteiger partial charge in [0.2, 0.25) is 0 Å². The maximum atomic E-state index is 12.5. The zero-order chi connectivity index (χ0) is 20.9. The number of allylic oxidation sites excluding steroid dienone is 5. The molecule has 2 aromatic rings. The highest BCUT2D eigenvalue weighted by molar-refractivity contribution is 6.33. The summed E-state index contributed by atoms with van der Waals surface area (Å²) >= 11 is 6.04. The lowest BCUT2D eigenvalue weighted by Crippen LogP contribution is -2.12. The molecule has 0 aliphatic rings. The molecule has 2 rings (SSSR count). The number of hydrogen-bond donors (Lipinski definition) is 1. The fraction of sp³-hybridized carbons (Fsp3) is 0.263. The Morgan fingerprint density at radius 1 is 1.32 bits per heavy atom. The Balaban J connectivity index is 2.36. The summed E-state index contributed by atoms with van der Waals surface area (Å²) in [5, 5.41) is 4.80. The highest BCUT2D eigenvalue weighted by Gasteiger charge is 2.31. The molecule has 0 saturated carbocycles. The molecular weight excluding hydrogens is 393 g/mol. The van der Waals surface area contributed by atoms with Crippen LogP contribution in [0.25, 0.3) is 17.1 Å². The molecular formula is C19H20ClF3N4O. The van der Waals surface area contributed by atoms with E-state index in [0.717, 1.165) is 5.57 Å². The van der Waals surface area contributed by atoms with E-state index in [9.17, 15) is 13.2 Å². The second-order valence-corrected chi connectivity index (χ2v) is 6.25. The Bertz CT molecular complexity index is 930. The van der Waals surface area contributed by atoms with Crippen LogP contribution in [0.2, 0.25) is 5.02 Å². The second-order valence-electron chi connectivity index (χ2n) is 5.84. The monoisotopic (exact) mass is 412 g/mol. The molecule has 0 spiro atoms. The van der Waals surface area contributed by atoms with E-state index in [1.807, 2.05) is 13.8 Å². The van der Waals surface area contributed by atoms with Gasteiger partial charge >= 0.3 is 6.36 Å². The number of nitrogens with two attached hydrogens (primary N) is 1. The third-order valence-corrected chi connectivity index (χ3v) is 4.22. The molecule has 0 bridgehead atoms. The molecule has 1 heterocycles. The summed E-state index contributed by atoms with van der Waals surface area (Å²) < 4.78 is 42.8. The van der Waals surface area contributed by atoms with Crippen LogP contribution >= 0.6 is 11.6 Å². The molecule has 0 amide bonds. The minimum atomic E-state index is -4.76. The van der Waals surface area contributed by atoms with Crippen molar-refractivity contribution in [2.24, 2.45) is 0 Å². The molecule has 5 nitrogen and oxygen atoms in total. The predicted molar refractivity (Wildman–Crippen MR) is 104 cm³/mol. The molecule has 1 aromatic carbocycles. The third-order valence-electron chi connectivity index (χ3n) is 3.89. The van der Waals surface area contributed by atoms with Crippen LogP contribution in [0.15, 0.2) is 54.1 Å². The van der Waals surface area contributed by atoms with Gasteiger partial charge in [-0.2, -0.15) is 0 Å². The van der Waals surface area contributed by atoms with Gasteiger partial charge in [0.15, 0.2) is 5.82 Å². The molecule has 9 heteroatoms. The van der Waals surface area contributed by atoms with E-state index in [0.29, 0.717) is 34.2 Å². The van der Waals surface area contributed by atoms with Crippen molar-refractivity contribution >= 4 is 23.0 Å². The third kappa shape index (κ3) is 5.63. The standard InChI is InChI=1S/C19H20ClF3N4O/c1-4-12(3)17(9-7-14(5-2)28-19(21,22)23)27-11-25-18(26-27)13-6-8-16(24)15(20)10-13/h5-11H,4,24H2,1-3H3/b9-7-,14-5+,17-12-. The highest BCUT2D eigenvalue weighted by Crippen LogP contribution is 2.26. The number of aromatic nitrogens is 3. The first-order valence-corrected chi connectivity index (χ1v) is 8.79. The molecule has 28 heavy (non-hydrogen) atoms. The van der Waals surface area contributed by atoms with Crippen LogP contribution in [0, 0.1) is 0 Å². The first-order valence-electron chi connectivity index (χ1n) is 8.42. The van der Waals surface area contributed by atoms with Gasteiger partial charge in [-0.1, -0.05) is 18.5 Å². The normalized spacial score (nSPS) is 13.8. The van der Waals surface area contributed by atoms with E-state index in [2.05, 4.69) is 14.8 Å². The van der Waals surface area contributed by atoms with Crippen LogP contribution in [-0.2, 0) is 4.74 Å². The lowest BCUT2D eigenvalue weighted by atomic mass is 10.1. The number of rotatable bonds is 6. The number of nitrogens with zero attached hydrogens (tertiary/aromatic N) is 3. The summed E-state index contributed by atoms with van der Waals surface area (Å²) in [5.41, 5.74) is 8.32. The molecule has 0 aliphatic heterocycles. The first kappa shape index (κ1) is 21.6. The second kappa shape index (κ2) is 8.97.